The van der Waals surface area contributed by atoms with Gasteiger partial charge in [0.1, 0.15) is 17.3 Å². The molecular weight excluding hydrogens is 374 g/mol. The molecule has 1 saturated carbocycles. The third kappa shape index (κ3) is 4.21. The fourth-order valence-corrected chi connectivity index (χ4v) is 3.50. The number of hydrogen-bond acceptors (Lipinski definition) is 7. The van der Waals surface area contributed by atoms with E-state index in [1.54, 1.807) is 36.7 Å². The second-order valence-corrected chi connectivity index (χ2v) is 6.92. The number of ether oxygens (including phenoxy) is 2. The average Bonchev–Trinajstić information content (AvgIpc) is 2.75. The number of aromatic nitrogens is 2. The van der Waals surface area contributed by atoms with Crippen molar-refractivity contribution < 1.29 is 18.7 Å². The highest BCUT2D eigenvalue weighted by Gasteiger charge is 2.26. The molecule has 3 aromatic rings. The van der Waals surface area contributed by atoms with Gasteiger partial charge in [-0.2, -0.15) is 0 Å². The zero-order chi connectivity index (χ0) is 20.2. The van der Waals surface area contributed by atoms with Crippen LogP contribution in [-0.4, -0.2) is 35.1 Å². The van der Waals surface area contributed by atoms with Crippen molar-refractivity contribution in [3.05, 3.63) is 58.7 Å². The third-order valence-electron chi connectivity index (χ3n) is 5.00. The summed E-state index contributed by atoms with van der Waals surface area (Å²) in [5.74, 6) is 0.312. The highest BCUT2D eigenvalue weighted by atomic mass is 16.5. The summed E-state index contributed by atoms with van der Waals surface area (Å²) in [7, 11) is 1.52. The lowest BCUT2D eigenvalue weighted by molar-refractivity contribution is 0.0883. The molecule has 0 spiro atoms. The van der Waals surface area contributed by atoms with Gasteiger partial charge >= 0.3 is 5.63 Å². The summed E-state index contributed by atoms with van der Waals surface area (Å²) in [6, 6.07) is 8.66. The molecule has 1 aromatic carbocycles. The van der Waals surface area contributed by atoms with E-state index in [2.05, 4.69) is 15.3 Å². The number of nitrogens with zero attached hydrogens (tertiary/aromatic N) is 2. The van der Waals surface area contributed by atoms with Gasteiger partial charge in [0, 0.05) is 23.8 Å². The van der Waals surface area contributed by atoms with Crippen LogP contribution in [0.15, 0.2) is 51.9 Å². The van der Waals surface area contributed by atoms with Crippen LogP contribution in [0.3, 0.4) is 0 Å². The van der Waals surface area contributed by atoms with Gasteiger partial charge in [0.15, 0.2) is 0 Å². The van der Waals surface area contributed by atoms with Crippen molar-refractivity contribution in [1.29, 1.82) is 0 Å². The molecular formula is C21H21N3O5. The molecule has 1 aliphatic carbocycles. The molecule has 1 fully saturated rings. The van der Waals surface area contributed by atoms with Crippen LogP contribution in [0.4, 0.5) is 0 Å². The number of carbonyl (C=O) groups excluding carboxylic acids is 1. The fourth-order valence-electron chi connectivity index (χ4n) is 3.50. The number of fused-ring (bicyclic) bond motifs is 1. The first-order valence-electron chi connectivity index (χ1n) is 9.49. The van der Waals surface area contributed by atoms with Crippen LogP contribution in [0, 0.1) is 0 Å². The van der Waals surface area contributed by atoms with Gasteiger partial charge in [-0.15, -0.1) is 0 Å². The zero-order valence-electron chi connectivity index (χ0n) is 16.0. The van der Waals surface area contributed by atoms with Crippen LogP contribution in [0.5, 0.6) is 11.8 Å². The zero-order valence-corrected chi connectivity index (χ0v) is 16.0. The molecule has 0 saturated heterocycles. The predicted octanol–water partition coefficient (Wildman–Crippen LogP) is 2.71. The first-order chi connectivity index (χ1) is 14.1. The number of methoxy groups -OCH3 is 1. The summed E-state index contributed by atoms with van der Waals surface area (Å²) in [5, 5.41) is 3.66. The van der Waals surface area contributed by atoms with Crippen molar-refractivity contribution in [1.82, 2.24) is 15.3 Å². The Morgan fingerprint density at radius 1 is 1.10 bits per heavy atom. The van der Waals surface area contributed by atoms with E-state index in [4.69, 9.17) is 13.9 Å². The lowest BCUT2D eigenvalue weighted by Gasteiger charge is -2.29. The van der Waals surface area contributed by atoms with Crippen molar-refractivity contribution in [3.63, 3.8) is 0 Å². The molecule has 4 rings (SSSR count). The largest absolute Gasteiger partial charge is 0.477 e. The van der Waals surface area contributed by atoms with Crippen LogP contribution in [0.25, 0.3) is 11.0 Å². The molecule has 150 valence electrons. The van der Waals surface area contributed by atoms with E-state index >= 15 is 0 Å². The fraction of sp³-hybridized carbons (Fsp3) is 0.333. The Labute approximate surface area is 166 Å². The van der Waals surface area contributed by atoms with Crippen LogP contribution in [0.1, 0.15) is 36.0 Å². The predicted molar refractivity (Wildman–Crippen MR) is 105 cm³/mol. The minimum atomic E-state index is -0.632. The Hall–Kier alpha value is -3.42. The average molecular weight is 395 g/mol. The van der Waals surface area contributed by atoms with E-state index in [-0.39, 0.29) is 17.7 Å². The number of nitrogens with one attached hydrogen (secondary N) is 1. The van der Waals surface area contributed by atoms with Gasteiger partial charge in [0.05, 0.1) is 7.11 Å². The van der Waals surface area contributed by atoms with E-state index in [9.17, 15) is 9.59 Å². The quantitative estimate of drug-likeness (QED) is 0.663. The molecule has 1 amide bonds. The minimum Gasteiger partial charge on any atom is -0.477 e. The second kappa shape index (κ2) is 8.30. The van der Waals surface area contributed by atoms with E-state index in [0.29, 0.717) is 22.7 Å². The highest BCUT2D eigenvalue weighted by molar-refractivity contribution is 5.96. The van der Waals surface area contributed by atoms with E-state index in [1.807, 2.05) is 6.07 Å². The maximum absolute atomic E-state index is 12.6. The second-order valence-electron chi connectivity index (χ2n) is 6.92. The first kappa shape index (κ1) is 18.9. The van der Waals surface area contributed by atoms with Crippen molar-refractivity contribution in [2.45, 2.75) is 37.8 Å². The Bertz CT molecular complexity index is 1070. The van der Waals surface area contributed by atoms with Crippen molar-refractivity contribution in [2.75, 3.05) is 7.11 Å². The SMILES string of the molecule is COc1nccnc1OC1CCC(NC(=O)c2cc3ccccc3oc2=O)CC1. The van der Waals surface area contributed by atoms with E-state index < -0.39 is 11.5 Å². The van der Waals surface area contributed by atoms with Crippen molar-refractivity contribution in [3.8, 4) is 11.8 Å². The molecule has 1 aliphatic rings. The molecule has 0 bridgehead atoms. The van der Waals surface area contributed by atoms with Gasteiger partial charge in [-0.3, -0.25) is 4.79 Å². The van der Waals surface area contributed by atoms with Gasteiger partial charge < -0.3 is 19.2 Å². The molecule has 0 atom stereocenters. The summed E-state index contributed by atoms with van der Waals surface area (Å²) in [4.78, 5) is 33.0. The standard InChI is InChI=1S/C21H21N3O5/c1-27-19-20(23-11-10-22-19)28-15-8-6-14(7-9-15)24-18(25)16-12-13-4-2-3-5-17(13)29-21(16)26/h2-5,10-12,14-15H,6-9H2,1H3,(H,24,25). The third-order valence-corrected chi connectivity index (χ3v) is 5.00. The smallest absolute Gasteiger partial charge is 0.349 e. The summed E-state index contributed by atoms with van der Waals surface area (Å²) in [6.07, 6.45) is 6.03. The molecule has 0 aliphatic heterocycles. The number of rotatable bonds is 5. The molecule has 0 radical (unpaired) electrons. The lowest BCUT2D eigenvalue weighted by Crippen LogP contribution is -2.41. The summed E-state index contributed by atoms with van der Waals surface area (Å²) in [6.45, 7) is 0. The minimum absolute atomic E-state index is 0.0198. The lowest BCUT2D eigenvalue weighted by atomic mass is 9.92. The van der Waals surface area contributed by atoms with Crippen LogP contribution in [-0.2, 0) is 0 Å². The number of amides is 1. The number of carbonyl (C=O) groups is 1. The van der Waals surface area contributed by atoms with Gasteiger partial charge in [0.2, 0.25) is 0 Å². The van der Waals surface area contributed by atoms with E-state index in [0.717, 1.165) is 25.7 Å². The normalized spacial score (nSPS) is 18.9. The van der Waals surface area contributed by atoms with Crippen molar-refractivity contribution >= 4 is 16.9 Å². The van der Waals surface area contributed by atoms with Crippen molar-refractivity contribution in [2.24, 2.45) is 0 Å². The Morgan fingerprint density at radius 2 is 1.83 bits per heavy atom. The van der Waals surface area contributed by atoms with Crippen LogP contribution in [0.2, 0.25) is 0 Å². The number of para-hydroxylation sites is 1. The summed E-state index contributed by atoms with van der Waals surface area (Å²) >= 11 is 0. The molecule has 2 aromatic heterocycles. The molecule has 29 heavy (non-hydrogen) atoms. The van der Waals surface area contributed by atoms with Gasteiger partial charge in [-0.25, -0.2) is 14.8 Å². The topological polar surface area (TPSA) is 104 Å². The first-order valence-corrected chi connectivity index (χ1v) is 9.49. The molecule has 2 heterocycles. The monoisotopic (exact) mass is 395 g/mol. The molecule has 1 N–H and O–H groups in total. The van der Waals surface area contributed by atoms with Gasteiger partial charge in [-0.05, 0) is 37.8 Å². The number of hydrogen-bond donors (Lipinski definition) is 1. The Morgan fingerprint density at radius 3 is 2.59 bits per heavy atom. The molecule has 8 heteroatoms. The maximum Gasteiger partial charge on any atom is 0.349 e. The number of benzene rings is 1. The van der Waals surface area contributed by atoms with Crippen LogP contribution < -0.4 is 20.4 Å². The highest BCUT2D eigenvalue weighted by Crippen LogP contribution is 2.27. The van der Waals surface area contributed by atoms with Gasteiger partial charge in [0.25, 0.3) is 17.7 Å². The maximum atomic E-state index is 12.6. The molecule has 8 nitrogen and oxygen atoms in total. The Kier molecular flexibility index (Phi) is 5.41. The summed E-state index contributed by atoms with van der Waals surface area (Å²) < 4.78 is 16.3. The van der Waals surface area contributed by atoms with Crippen LogP contribution >= 0.6 is 0 Å². The Balaban J connectivity index is 1.37. The van der Waals surface area contributed by atoms with Gasteiger partial charge in [-0.1, -0.05) is 18.2 Å². The molecule has 0 unspecified atom stereocenters. The van der Waals surface area contributed by atoms with E-state index in [1.165, 1.54) is 7.11 Å². The summed E-state index contributed by atoms with van der Waals surface area (Å²) in [5.41, 5.74) is -0.148.